The van der Waals surface area contributed by atoms with E-state index in [0.717, 1.165) is 0 Å². The Morgan fingerprint density at radius 2 is 1.67 bits per heavy atom. The van der Waals surface area contributed by atoms with Crippen LogP contribution in [0.1, 0.15) is 41.5 Å². The Bertz CT molecular complexity index is 308. The molecule has 0 aliphatic heterocycles. The Hall–Kier alpha value is -1.30. The van der Waals surface area contributed by atoms with Crippen LogP contribution in [0.15, 0.2) is 11.8 Å². The van der Waals surface area contributed by atoms with Gasteiger partial charge in [-0.2, -0.15) is 5.26 Å². The second-order valence-corrected chi connectivity index (χ2v) is 5.64. The van der Waals surface area contributed by atoms with Gasteiger partial charge in [0.15, 0.2) is 5.78 Å². The third kappa shape index (κ3) is 5.21. The Morgan fingerprint density at radius 3 is 1.93 bits per heavy atom. The lowest BCUT2D eigenvalue weighted by Gasteiger charge is -2.20. The molecular formula is C12H20N2O. The third-order valence-electron chi connectivity index (χ3n) is 1.70. The molecule has 0 aliphatic carbocycles. The fourth-order valence-electron chi connectivity index (χ4n) is 0.841. The highest BCUT2D eigenvalue weighted by Gasteiger charge is 2.25. The summed E-state index contributed by atoms with van der Waals surface area (Å²) in [7, 11) is 0. The van der Waals surface area contributed by atoms with Crippen LogP contribution in [-0.2, 0) is 4.79 Å². The number of carbonyl (C=O) groups excluding carboxylic acids is 1. The normalized spacial score (nSPS) is 13.3. The molecule has 1 N–H and O–H groups in total. The number of nitriles is 1. The highest BCUT2D eigenvalue weighted by molar-refractivity contribution is 6.02. The van der Waals surface area contributed by atoms with Crippen LogP contribution in [0, 0.1) is 16.7 Å². The molecule has 15 heavy (non-hydrogen) atoms. The maximum atomic E-state index is 11.8. The number of ketones is 1. The van der Waals surface area contributed by atoms with Crippen molar-refractivity contribution in [1.82, 2.24) is 5.32 Å². The molecule has 0 fully saturated rings. The van der Waals surface area contributed by atoms with Gasteiger partial charge in [0.05, 0.1) is 0 Å². The molecule has 0 rings (SSSR count). The van der Waals surface area contributed by atoms with Crippen molar-refractivity contribution in [3.8, 4) is 6.07 Å². The van der Waals surface area contributed by atoms with Crippen LogP contribution in [-0.4, -0.2) is 11.3 Å². The second-order valence-electron chi connectivity index (χ2n) is 5.64. The third-order valence-corrected chi connectivity index (χ3v) is 1.70. The molecule has 0 saturated carbocycles. The maximum absolute atomic E-state index is 11.8. The van der Waals surface area contributed by atoms with Gasteiger partial charge in [0.1, 0.15) is 11.6 Å². The van der Waals surface area contributed by atoms with Crippen LogP contribution in [0.3, 0.4) is 0 Å². The average Bonchev–Trinajstić information content (AvgIpc) is 2.01. The van der Waals surface area contributed by atoms with Crippen LogP contribution < -0.4 is 5.32 Å². The van der Waals surface area contributed by atoms with Crippen LogP contribution >= 0.6 is 0 Å². The summed E-state index contributed by atoms with van der Waals surface area (Å²) in [5.74, 6) is -0.137. The molecule has 0 amide bonds. The molecule has 3 heteroatoms. The zero-order chi connectivity index (χ0) is 12.3. The van der Waals surface area contributed by atoms with E-state index in [0.29, 0.717) is 0 Å². The molecule has 84 valence electrons. The first-order chi connectivity index (χ1) is 6.58. The van der Waals surface area contributed by atoms with Gasteiger partial charge in [-0.25, -0.2) is 0 Å². The zero-order valence-corrected chi connectivity index (χ0v) is 10.4. The quantitative estimate of drug-likeness (QED) is 0.560. The van der Waals surface area contributed by atoms with Crippen molar-refractivity contribution in [3.05, 3.63) is 11.8 Å². The largest absolute Gasteiger partial charge is 0.385 e. The SMILES string of the molecule is CC(C)(C)NC=C(C#N)C(=O)C(C)(C)C. The zero-order valence-electron chi connectivity index (χ0n) is 10.4. The van der Waals surface area contributed by atoms with Gasteiger partial charge in [0, 0.05) is 17.2 Å². The van der Waals surface area contributed by atoms with E-state index in [-0.39, 0.29) is 16.9 Å². The summed E-state index contributed by atoms with van der Waals surface area (Å²) in [5.41, 5.74) is -0.473. The number of hydrogen-bond acceptors (Lipinski definition) is 3. The Kier molecular flexibility index (Phi) is 4.09. The highest BCUT2D eigenvalue weighted by Crippen LogP contribution is 2.19. The number of Topliss-reactive ketones (excluding diaryl/α,β-unsaturated/α-hetero) is 1. The van der Waals surface area contributed by atoms with Crippen molar-refractivity contribution >= 4 is 5.78 Å². The lowest BCUT2D eigenvalue weighted by atomic mass is 9.87. The Balaban J connectivity index is 4.82. The number of hydrogen-bond donors (Lipinski definition) is 1. The van der Waals surface area contributed by atoms with Gasteiger partial charge in [-0.1, -0.05) is 20.8 Å². The van der Waals surface area contributed by atoms with Gasteiger partial charge < -0.3 is 5.32 Å². The summed E-state index contributed by atoms with van der Waals surface area (Å²) < 4.78 is 0. The Morgan fingerprint density at radius 1 is 1.20 bits per heavy atom. The summed E-state index contributed by atoms with van der Waals surface area (Å²) in [5, 5.41) is 11.9. The van der Waals surface area contributed by atoms with Crippen LogP contribution in [0.25, 0.3) is 0 Å². The first-order valence-corrected chi connectivity index (χ1v) is 5.01. The summed E-state index contributed by atoms with van der Waals surface area (Å²) in [6, 6.07) is 1.93. The minimum Gasteiger partial charge on any atom is -0.385 e. The summed E-state index contributed by atoms with van der Waals surface area (Å²) in [6.07, 6.45) is 1.51. The molecule has 0 heterocycles. The van der Waals surface area contributed by atoms with Crippen LogP contribution in [0.2, 0.25) is 0 Å². The summed E-state index contributed by atoms with van der Waals surface area (Å²) in [6.45, 7) is 11.3. The fraction of sp³-hybridized carbons (Fsp3) is 0.667. The smallest absolute Gasteiger partial charge is 0.180 e. The molecule has 0 aromatic carbocycles. The first kappa shape index (κ1) is 13.7. The van der Waals surface area contributed by atoms with E-state index in [1.807, 2.05) is 26.8 Å². The van der Waals surface area contributed by atoms with Crippen molar-refractivity contribution in [2.75, 3.05) is 0 Å². The molecule has 0 aliphatic rings. The molecule has 0 bridgehead atoms. The van der Waals surface area contributed by atoms with Crippen LogP contribution in [0.4, 0.5) is 0 Å². The van der Waals surface area contributed by atoms with Crippen LogP contribution in [0.5, 0.6) is 0 Å². The maximum Gasteiger partial charge on any atom is 0.180 e. The van der Waals surface area contributed by atoms with Crippen molar-refractivity contribution < 1.29 is 4.79 Å². The van der Waals surface area contributed by atoms with E-state index >= 15 is 0 Å². The van der Waals surface area contributed by atoms with Gasteiger partial charge in [0.2, 0.25) is 0 Å². The van der Waals surface area contributed by atoms with E-state index < -0.39 is 5.41 Å². The number of allylic oxidation sites excluding steroid dienone is 1. The highest BCUT2D eigenvalue weighted by atomic mass is 16.1. The molecule has 0 saturated heterocycles. The minimum atomic E-state index is -0.513. The van der Waals surface area contributed by atoms with E-state index in [1.54, 1.807) is 20.8 Å². The van der Waals surface area contributed by atoms with E-state index in [2.05, 4.69) is 5.32 Å². The molecule has 0 atom stereocenters. The monoisotopic (exact) mass is 208 g/mol. The average molecular weight is 208 g/mol. The lowest BCUT2D eigenvalue weighted by molar-refractivity contribution is -0.122. The first-order valence-electron chi connectivity index (χ1n) is 5.01. The predicted molar refractivity (Wildman–Crippen MR) is 61.0 cm³/mol. The standard InChI is InChI=1S/C12H20N2O/c1-11(2,3)10(15)9(7-13)8-14-12(4,5)6/h8,14H,1-6H3. The van der Waals surface area contributed by atoms with E-state index in [4.69, 9.17) is 5.26 Å². The Labute approximate surface area is 92.2 Å². The molecule has 0 unspecified atom stereocenters. The summed E-state index contributed by atoms with van der Waals surface area (Å²) in [4.78, 5) is 11.8. The fourth-order valence-corrected chi connectivity index (χ4v) is 0.841. The van der Waals surface area contributed by atoms with Gasteiger partial charge in [0.25, 0.3) is 0 Å². The molecule has 0 aromatic heterocycles. The topological polar surface area (TPSA) is 52.9 Å². The number of nitrogens with one attached hydrogen (secondary N) is 1. The molecular weight excluding hydrogens is 188 g/mol. The summed E-state index contributed by atoms with van der Waals surface area (Å²) >= 11 is 0. The van der Waals surface area contributed by atoms with Gasteiger partial charge in [-0.3, -0.25) is 4.79 Å². The molecule has 0 spiro atoms. The van der Waals surface area contributed by atoms with E-state index in [9.17, 15) is 4.79 Å². The number of nitrogens with zero attached hydrogens (tertiary/aromatic N) is 1. The minimum absolute atomic E-state index is 0.137. The van der Waals surface area contributed by atoms with E-state index in [1.165, 1.54) is 6.20 Å². The predicted octanol–water partition coefficient (Wildman–Crippen LogP) is 2.40. The second kappa shape index (κ2) is 4.48. The lowest BCUT2D eigenvalue weighted by Crippen LogP contribution is -2.32. The van der Waals surface area contributed by atoms with Crippen molar-refractivity contribution in [2.24, 2.45) is 5.41 Å². The van der Waals surface area contributed by atoms with Crippen molar-refractivity contribution in [1.29, 1.82) is 5.26 Å². The van der Waals surface area contributed by atoms with Gasteiger partial charge >= 0.3 is 0 Å². The van der Waals surface area contributed by atoms with Gasteiger partial charge in [-0.15, -0.1) is 0 Å². The molecule has 0 radical (unpaired) electrons. The van der Waals surface area contributed by atoms with Crippen molar-refractivity contribution in [2.45, 2.75) is 47.1 Å². The number of rotatable bonds is 2. The van der Waals surface area contributed by atoms with Gasteiger partial charge in [-0.05, 0) is 20.8 Å². The number of carbonyl (C=O) groups is 1. The van der Waals surface area contributed by atoms with Crippen molar-refractivity contribution in [3.63, 3.8) is 0 Å². The molecule has 3 nitrogen and oxygen atoms in total. The molecule has 0 aromatic rings.